The van der Waals surface area contributed by atoms with Gasteiger partial charge in [-0.15, -0.1) is 0 Å². The molecule has 0 N–H and O–H groups in total. The summed E-state index contributed by atoms with van der Waals surface area (Å²) < 4.78 is 24.7. The molecule has 0 aliphatic heterocycles. The molecule has 0 saturated heterocycles. The SMILES string of the molecule is CN(C)C1(CN(C)S(=O)(=O)CBr)CCC1. The van der Waals surface area contributed by atoms with Gasteiger partial charge < -0.3 is 4.90 Å². The third kappa shape index (κ3) is 2.72. The summed E-state index contributed by atoms with van der Waals surface area (Å²) >= 11 is 3.01. The lowest BCUT2D eigenvalue weighted by molar-refractivity contribution is 0.0456. The van der Waals surface area contributed by atoms with Gasteiger partial charge in [0.05, 0.1) is 0 Å². The molecule has 0 radical (unpaired) electrons. The maximum absolute atomic E-state index is 11.6. The van der Waals surface area contributed by atoms with Gasteiger partial charge in [0.15, 0.2) is 0 Å². The summed E-state index contributed by atoms with van der Waals surface area (Å²) in [6.45, 7) is 0.591. The van der Waals surface area contributed by atoms with E-state index >= 15 is 0 Å². The summed E-state index contributed by atoms with van der Waals surface area (Å²) in [5, 5.41) is 0. The molecule has 90 valence electrons. The summed E-state index contributed by atoms with van der Waals surface area (Å²) in [7, 11) is 2.58. The van der Waals surface area contributed by atoms with Gasteiger partial charge >= 0.3 is 0 Å². The van der Waals surface area contributed by atoms with Crippen molar-refractivity contribution in [3.05, 3.63) is 0 Å². The number of halogens is 1. The predicted molar refractivity (Wildman–Crippen MR) is 65.6 cm³/mol. The van der Waals surface area contributed by atoms with Crippen molar-refractivity contribution < 1.29 is 8.42 Å². The molecule has 6 heteroatoms. The van der Waals surface area contributed by atoms with Gasteiger partial charge in [-0.05, 0) is 33.4 Å². The number of likely N-dealkylation sites (N-methyl/N-ethyl adjacent to an activating group) is 2. The zero-order valence-electron chi connectivity index (χ0n) is 9.53. The molecule has 0 unspecified atom stereocenters. The summed E-state index contributed by atoms with van der Waals surface area (Å²) in [4.78, 5) is 2.15. The van der Waals surface area contributed by atoms with E-state index in [1.54, 1.807) is 7.05 Å². The smallest absolute Gasteiger partial charge is 0.223 e. The highest BCUT2D eigenvalue weighted by Crippen LogP contribution is 2.37. The Morgan fingerprint density at radius 1 is 1.27 bits per heavy atom. The zero-order valence-corrected chi connectivity index (χ0v) is 11.9. The first-order chi connectivity index (χ1) is 6.84. The van der Waals surface area contributed by atoms with Crippen LogP contribution in [0.5, 0.6) is 0 Å². The van der Waals surface area contributed by atoms with Crippen LogP contribution in [0.25, 0.3) is 0 Å². The van der Waals surface area contributed by atoms with Gasteiger partial charge in [-0.1, -0.05) is 15.9 Å². The van der Waals surface area contributed by atoms with E-state index in [2.05, 4.69) is 20.8 Å². The van der Waals surface area contributed by atoms with Gasteiger partial charge in [0, 0.05) is 19.1 Å². The van der Waals surface area contributed by atoms with Crippen LogP contribution in [0.15, 0.2) is 0 Å². The molecule has 0 aromatic carbocycles. The number of rotatable bonds is 5. The molecule has 0 amide bonds. The predicted octanol–water partition coefficient (Wildman–Crippen LogP) is 1.08. The van der Waals surface area contributed by atoms with Crippen LogP contribution in [0.4, 0.5) is 0 Å². The molecule has 1 saturated carbocycles. The Hall–Kier alpha value is 0.350. The Morgan fingerprint density at radius 3 is 2.07 bits per heavy atom. The molecule has 0 aromatic heterocycles. The third-order valence-electron chi connectivity index (χ3n) is 3.36. The van der Waals surface area contributed by atoms with E-state index < -0.39 is 10.0 Å². The molecule has 0 heterocycles. The number of nitrogens with zero attached hydrogens (tertiary/aromatic N) is 2. The van der Waals surface area contributed by atoms with Crippen molar-refractivity contribution in [2.75, 3.05) is 32.3 Å². The Labute approximate surface area is 101 Å². The first-order valence-corrected chi connectivity index (χ1v) is 7.74. The lowest BCUT2D eigenvalue weighted by Gasteiger charge is -2.48. The van der Waals surface area contributed by atoms with Crippen LogP contribution in [0.1, 0.15) is 19.3 Å². The molecule has 0 spiro atoms. The van der Waals surface area contributed by atoms with E-state index in [-0.39, 0.29) is 10.2 Å². The Morgan fingerprint density at radius 2 is 1.80 bits per heavy atom. The van der Waals surface area contributed by atoms with Crippen molar-refractivity contribution >= 4 is 26.0 Å². The summed E-state index contributed by atoms with van der Waals surface area (Å²) in [6.07, 6.45) is 3.37. The fourth-order valence-corrected chi connectivity index (χ4v) is 3.58. The number of alkyl halides is 1. The molecule has 0 bridgehead atoms. The Bertz CT molecular complexity index is 312. The molecular weight excluding hydrogens is 280 g/mol. The molecule has 15 heavy (non-hydrogen) atoms. The van der Waals surface area contributed by atoms with E-state index in [0.717, 1.165) is 12.8 Å². The highest BCUT2D eigenvalue weighted by atomic mass is 79.9. The van der Waals surface area contributed by atoms with Crippen molar-refractivity contribution in [3.8, 4) is 0 Å². The van der Waals surface area contributed by atoms with E-state index in [1.807, 2.05) is 14.1 Å². The zero-order chi connectivity index (χ0) is 11.7. The van der Waals surface area contributed by atoms with Crippen LogP contribution < -0.4 is 0 Å². The Balaban J connectivity index is 2.69. The standard InChI is InChI=1S/C9H19BrN2O2S/c1-11(2)9(5-4-6-9)7-12(3)15(13,14)8-10/h4-8H2,1-3H3. The minimum absolute atomic E-state index is 0.00000850. The lowest BCUT2D eigenvalue weighted by Crippen LogP contribution is -2.57. The molecule has 1 rings (SSSR count). The normalized spacial score (nSPS) is 20.7. The maximum Gasteiger partial charge on any atom is 0.223 e. The first kappa shape index (κ1) is 13.4. The van der Waals surface area contributed by atoms with Gasteiger partial charge in [0.1, 0.15) is 4.66 Å². The quantitative estimate of drug-likeness (QED) is 0.713. The van der Waals surface area contributed by atoms with Gasteiger partial charge in [0.2, 0.25) is 10.0 Å². The van der Waals surface area contributed by atoms with Crippen LogP contribution in [0.3, 0.4) is 0 Å². The number of hydrogen-bond donors (Lipinski definition) is 0. The minimum atomic E-state index is -3.12. The molecule has 1 fully saturated rings. The monoisotopic (exact) mass is 298 g/mol. The van der Waals surface area contributed by atoms with E-state index in [1.165, 1.54) is 10.7 Å². The van der Waals surface area contributed by atoms with Gasteiger partial charge in [-0.25, -0.2) is 12.7 Å². The van der Waals surface area contributed by atoms with Crippen LogP contribution in [0, 0.1) is 0 Å². The fourth-order valence-electron chi connectivity index (χ4n) is 1.93. The maximum atomic E-state index is 11.6. The second-order valence-corrected chi connectivity index (χ2v) is 7.83. The summed E-state index contributed by atoms with van der Waals surface area (Å²) in [5.74, 6) is 0. The first-order valence-electron chi connectivity index (χ1n) is 5.01. The Kier molecular flexibility index (Phi) is 4.20. The van der Waals surface area contributed by atoms with Crippen LogP contribution in [-0.4, -0.2) is 55.5 Å². The number of hydrogen-bond acceptors (Lipinski definition) is 3. The van der Waals surface area contributed by atoms with Crippen LogP contribution in [-0.2, 0) is 10.0 Å². The fraction of sp³-hybridized carbons (Fsp3) is 1.00. The van der Waals surface area contributed by atoms with Gasteiger partial charge in [-0.3, -0.25) is 0 Å². The highest BCUT2D eigenvalue weighted by Gasteiger charge is 2.41. The molecular formula is C9H19BrN2O2S. The van der Waals surface area contributed by atoms with Gasteiger partial charge in [-0.2, -0.15) is 0 Å². The van der Waals surface area contributed by atoms with Crippen molar-refractivity contribution in [2.45, 2.75) is 24.8 Å². The number of sulfonamides is 1. The topological polar surface area (TPSA) is 40.6 Å². The van der Waals surface area contributed by atoms with E-state index in [9.17, 15) is 8.42 Å². The average Bonchev–Trinajstić information content (AvgIpc) is 2.10. The molecule has 1 aliphatic rings. The van der Waals surface area contributed by atoms with Crippen molar-refractivity contribution in [3.63, 3.8) is 0 Å². The second-order valence-electron chi connectivity index (χ2n) is 4.45. The molecule has 0 aromatic rings. The second kappa shape index (κ2) is 4.69. The van der Waals surface area contributed by atoms with E-state index in [0.29, 0.717) is 6.54 Å². The largest absolute Gasteiger partial charge is 0.302 e. The van der Waals surface area contributed by atoms with Gasteiger partial charge in [0.25, 0.3) is 0 Å². The van der Waals surface area contributed by atoms with Crippen LogP contribution >= 0.6 is 15.9 Å². The highest BCUT2D eigenvalue weighted by molar-refractivity contribution is 9.10. The van der Waals surface area contributed by atoms with Crippen molar-refractivity contribution in [1.29, 1.82) is 0 Å². The van der Waals surface area contributed by atoms with Crippen LogP contribution in [0.2, 0.25) is 0 Å². The third-order valence-corrected chi connectivity index (χ3v) is 6.45. The molecule has 0 atom stereocenters. The van der Waals surface area contributed by atoms with Crippen molar-refractivity contribution in [2.24, 2.45) is 0 Å². The van der Waals surface area contributed by atoms with E-state index in [4.69, 9.17) is 0 Å². The average molecular weight is 299 g/mol. The minimum Gasteiger partial charge on any atom is -0.302 e. The summed E-state index contributed by atoms with van der Waals surface area (Å²) in [5.41, 5.74) is 0.0595. The lowest BCUT2D eigenvalue weighted by atomic mass is 9.75. The summed E-state index contributed by atoms with van der Waals surface area (Å²) in [6, 6.07) is 0. The molecule has 4 nitrogen and oxygen atoms in total. The molecule has 1 aliphatic carbocycles. The van der Waals surface area contributed by atoms with Crippen molar-refractivity contribution in [1.82, 2.24) is 9.21 Å².